The standard InChI is InChI=1S/C27H24N4O/c1-32-19-13-11-18(12-14-19)25-26-21(20-9-5-6-10-22(20)29-26)15-23(30-25)27-28-16-24(31-27)17-7-3-2-4-8-17/h2-14,16,23,25,29-30H,15H2,1H3,(H,28,31)/t23-,25?/m0/s1. The number of para-hydroxylation sites is 1. The summed E-state index contributed by atoms with van der Waals surface area (Å²) in [5, 5.41) is 5.12. The number of aromatic amines is 2. The average Bonchev–Trinajstić information content (AvgIpc) is 3.49. The van der Waals surface area contributed by atoms with E-state index in [0.29, 0.717) is 0 Å². The van der Waals surface area contributed by atoms with E-state index in [4.69, 9.17) is 9.72 Å². The van der Waals surface area contributed by atoms with Gasteiger partial charge in [-0.3, -0.25) is 5.32 Å². The van der Waals surface area contributed by atoms with Crippen LogP contribution in [0.1, 0.15) is 34.7 Å². The molecule has 3 N–H and O–H groups in total. The van der Waals surface area contributed by atoms with Crippen LogP contribution in [0.3, 0.4) is 0 Å². The number of benzene rings is 3. The molecule has 5 nitrogen and oxygen atoms in total. The number of hydrogen-bond acceptors (Lipinski definition) is 3. The van der Waals surface area contributed by atoms with Gasteiger partial charge in [0, 0.05) is 16.6 Å². The Balaban J connectivity index is 1.43. The van der Waals surface area contributed by atoms with Crippen molar-refractivity contribution in [3.63, 3.8) is 0 Å². The lowest BCUT2D eigenvalue weighted by Crippen LogP contribution is -2.34. The highest BCUT2D eigenvalue weighted by atomic mass is 16.5. The van der Waals surface area contributed by atoms with Crippen LogP contribution in [-0.4, -0.2) is 22.1 Å². The van der Waals surface area contributed by atoms with E-state index in [1.807, 2.05) is 36.5 Å². The van der Waals surface area contributed by atoms with E-state index in [0.717, 1.165) is 29.3 Å². The number of ether oxygens (including phenoxy) is 1. The number of imidazole rings is 1. The van der Waals surface area contributed by atoms with Gasteiger partial charge in [-0.05, 0) is 41.3 Å². The van der Waals surface area contributed by atoms with Crippen molar-refractivity contribution in [3.8, 4) is 17.0 Å². The van der Waals surface area contributed by atoms with Crippen LogP contribution >= 0.6 is 0 Å². The maximum atomic E-state index is 5.37. The third-order valence-electron chi connectivity index (χ3n) is 6.37. The fourth-order valence-electron chi connectivity index (χ4n) is 4.75. The van der Waals surface area contributed by atoms with E-state index in [-0.39, 0.29) is 12.1 Å². The van der Waals surface area contributed by atoms with Crippen molar-refractivity contribution in [1.82, 2.24) is 20.3 Å². The number of hydrogen-bond donors (Lipinski definition) is 3. The van der Waals surface area contributed by atoms with Gasteiger partial charge in [0.05, 0.1) is 31.1 Å². The first kappa shape index (κ1) is 18.9. The molecule has 3 aromatic carbocycles. The van der Waals surface area contributed by atoms with Crippen molar-refractivity contribution < 1.29 is 4.74 Å². The number of rotatable bonds is 4. The molecule has 3 heterocycles. The second-order valence-electron chi connectivity index (χ2n) is 8.24. The molecule has 0 radical (unpaired) electrons. The van der Waals surface area contributed by atoms with Crippen LogP contribution in [0.25, 0.3) is 22.2 Å². The Hall–Kier alpha value is -3.83. The zero-order valence-electron chi connectivity index (χ0n) is 17.8. The number of methoxy groups -OCH3 is 1. The SMILES string of the molecule is COc1ccc(C2N[C@H](c3ncc(-c4ccccc4)[nH]3)Cc3c2[nH]c2ccccc32)cc1. The zero-order chi connectivity index (χ0) is 21.5. The number of nitrogens with zero attached hydrogens (tertiary/aromatic N) is 1. The smallest absolute Gasteiger partial charge is 0.124 e. The lowest BCUT2D eigenvalue weighted by Gasteiger charge is -2.31. The van der Waals surface area contributed by atoms with Gasteiger partial charge in [0.1, 0.15) is 11.6 Å². The van der Waals surface area contributed by atoms with Crippen molar-refractivity contribution in [2.24, 2.45) is 0 Å². The number of nitrogens with one attached hydrogen (secondary N) is 3. The lowest BCUT2D eigenvalue weighted by atomic mass is 9.90. The molecule has 158 valence electrons. The quantitative estimate of drug-likeness (QED) is 0.357. The molecular formula is C27H24N4O. The topological polar surface area (TPSA) is 65.7 Å². The fraction of sp³-hybridized carbons (Fsp3) is 0.148. The Morgan fingerprint density at radius 2 is 1.66 bits per heavy atom. The summed E-state index contributed by atoms with van der Waals surface area (Å²) in [5.74, 6) is 1.81. The maximum Gasteiger partial charge on any atom is 0.124 e. The number of fused-ring (bicyclic) bond motifs is 3. The predicted molar refractivity (Wildman–Crippen MR) is 127 cm³/mol. The number of aromatic nitrogens is 3. The van der Waals surface area contributed by atoms with Gasteiger partial charge in [-0.25, -0.2) is 4.98 Å². The first-order valence-electron chi connectivity index (χ1n) is 10.9. The Bertz CT molecular complexity index is 1370. The Morgan fingerprint density at radius 1 is 0.875 bits per heavy atom. The molecule has 0 aliphatic carbocycles. The van der Waals surface area contributed by atoms with Crippen molar-refractivity contribution in [2.45, 2.75) is 18.5 Å². The van der Waals surface area contributed by atoms with Gasteiger partial charge in [0.2, 0.25) is 0 Å². The molecule has 0 saturated heterocycles. The maximum absolute atomic E-state index is 5.37. The largest absolute Gasteiger partial charge is 0.497 e. The Morgan fingerprint density at radius 3 is 2.47 bits per heavy atom. The molecule has 0 fully saturated rings. The fourth-order valence-corrected chi connectivity index (χ4v) is 4.75. The zero-order valence-corrected chi connectivity index (χ0v) is 17.8. The molecule has 2 atom stereocenters. The van der Waals surface area contributed by atoms with Gasteiger partial charge >= 0.3 is 0 Å². The van der Waals surface area contributed by atoms with E-state index < -0.39 is 0 Å². The van der Waals surface area contributed by atoms with Crippen LogP contribution in [0.5, 0.6) is 5.75 Å². The third kappa shape index (κ3) is 3.18. The van der Waals surface area contributed by atoms with E-state index in [2.05, 4.69) is 63.8 Å². The van der Waals surface area contributed by atoms with Gasteiger partial charge in [0.15, 0.2) is 0 Å². The molecule has 1 aliphatic rings. The number of H-pyrrole nitrogens is 2. The minimum absolute atomic E-state index is 0.0346. The predicted octanol–water partition coefficient (Wildman–Crippen LogP) is 5.54. The van der Waals surface area contributed by atoms with Crippen LogP contribution in [0, 0.1) is 0 Å². The highest BCUT2D eigenvalue weighted by Crippen LogP contribution is 2.39. The summed E-state index contributed by atoms with van der Waals surface area (Å²) in [6.07, 6.45) is 2.80. The molecule has 1 aliphatic heterocycles. The van der Waals surface area contributed by atoms with Crippen molar-refractivity contribution >= 4 is 10.9 Å². The van der Waals surface area contributed by atoms with Crippen LogP contribution in [0.2, 0.25) is 0 Å². The minimum atomic E-state index is 0.0346. The average molecular weight is 421 g/mol. The van der Waals surface area contributed by atoms with Gasteiger partial charge in [-0.2, -0.15) is 0 Å². The summed E-state index contributed by atoms with van der Waals surface area (Å²) >= 11 is 0. The van der Waals surface area contributed by atoms with Gasteiger partial charge < -0.3 is 14.7 Å². The highest BCUT2D eigenvalue weighted by molar-refractivity contribution is 5.85. The van der Waals surface area contributed by atoms with Gasteiger partial charge in [-0.1, -0.05) is 60.7 Å². The molecule has 6 rings (SSSR count). The first-order chi connectivity index (χ1) is 15.8. The highest BCUT2D eigenvalue weighted by Gasteiger charge is 2.32. The van der Waals surface area contributed by atoms with Crippen LogP contribution in [-0.2, 0) is 6.42 Å². The lowest BCUT2D eigenvalue weighted by molar-refractivity contribution is 0.412. The summed E-state index contributed by atoms with van der Waals surface area (Å²) < 4.78 is 5.37. The van der Waals surface area contributed by atoms with Crippen LogP contribution in [0.4, 0.5) is 0 Å². The van der Waals surface area contributed by atoms with Gasteiger partial charge in [-0.15, -0.1) is 0 Å². The minimum Gasteiger partial charge on any atom is -0.497 e. The van der Waals surface area contributed by atoms with Crippen molar-refractivity contribution in [2.75, 3.05) is 7.11 Å². The molecule has 5 aromatic rings. The summed E-state index contributed by atoms with van der Waals surface area (Å²) in [7, 11) is 1.70. The van der Waals surface area contributed by atoms with Crippen LogP contribution < -0.4 is 10.1 Å². The Kier molecular flexibility index (Phi) is 4.55. The molecule has 2 aromatic heterocycles. The van der Waals surface area contributed by atoms with Gasteiger partial charge in [0.25, 0.3) is 0 Å². The summed E-state index contributed by atoms with van der Waals surface area (Å²) in [6, 6.07) is 27.3. The summed E-state index contributed by atoms with van der Waals surface area (Å²) in [6.45, 7) is 0. The molecule has 0 bridgehead atoms. The van der Waals surface area contributed by atoms with Crippen molar-refractivity contribution in [3.05, 3.63) is 108 Å². The first-order valence-corrected chi connectivity index (χ1v) is 10.9. The molecule has 5 heteroatoms. The molecular weight excluding hydrogens is 396 g/mol. The Labute approximate surface area is 186 Å². The monoisotopic (exact) mass is 420 g/mol. The van der Waals surface area contributed by atoms with E-state index in [9.17, 15) is 0 Å². The summed E-state index contributed by atoms with van der Waals surface area (Å²) in [5.41, 5.74) is 7.11. The molecule has 0 saturated carbocycles. The second kappa shape index (κ2) is 7.70. The van der Waals surface area contributed by atoms with E-state index in [1.165, 1.54) is 27.7 Å². The summed E-state index contributed by atoms with van der Waals surface area (Å²) in [4.78, 5) is 12.0. The third-order valence-corrected chi connectivity index (χ3v) is 6.37. The van der Waals surface area contributed by atoms with Crippen LogP contribution in [0.15, 0.2) is 85.1 Å². The molecule has 0 amide bonds. The van der Waals surface area contributed by atoms with E-state index >= 15 is 0 Å². The van der Waals surface area contributed by atoms with E-state index in [1.54, 1.807) is 7.11 Å². The molecule has 1 unspecified atom stereocenters. The molecule has 0 spiro atoms. The van der Waals surface area contributed by atoms with Crippen molar-refractivity contribution in [1.29, 1.82) is 0 Å². The normalized spacial score (nSPS) is 17.9. The second-order valence-corrected chi connectivity index (χ2v) is 8.24. The molecule has 32 heavy (non-hydrogen) atoms.